The topological polar surface area (TPSA) is 42.4 Å². The van der Waals surface area contributed by atoms with Gasteiger partial charge in [0.1, 0.15) is 5.75 Å². The van der Waals surface area contributed by atoms with E-state index in [0.717, 1.165) is 12.3 Å². The Labute approximate surface area is 84.7 Å². The summed E-state index contributed by atoms with van der Waals surface area (Å²) in [7, 11) is 0. The fourth-order valence-electron chi connectivity index (χ4n) is 0.600. The van der Waals surface area contributed by atoms with Crippen LogP contribution in [0.15, 0.2) is 12.3 Å². The van der Waals surface area contributed by atoms with Crippen LogP contribution in [0.25, 0.3) is 0 Å². The Hall–Kier alpha value is -0.730. The van der Waals surface area contributed by atoms with E-state index in [9.17, 15) is 13.2 Å². The lowest BCUT2D eigenvalue weighted by molar-refractivity contribution is -0.276. The van der Waals surface area contributed by atoms with Crippen LogP contribution < -0.4 is 4.74 Å². The van der Waals surface area contributed by atoms with Crippen LogP contribution in [0.2, 0.25) is 0 Å². The molecule has 0 spiro atoms. The van der Waals surface area contributed by atoms with Crippen molar-refractivity contribution in [3.8, 4) is 11.6 Å². The Bertz CT molecular complexity index is 315. The highest BCUT2D eigenvalue weighted by molar-refractivity contribution is 14.1. The SMILES string of the molecule is Oc1cnc(OC(F)(F)F)c(I)c1. The zero-order valence-corrected chi connectivity index (χ0v) is 8.13. The zero-order valence-electron chi connectivity index (χ0n) is 5.97. The highest BCUT2D eigenvalue weighted by atomic mass is 127. The quantitative estimate of drug-likeness (QED) is 0.810. The van der Waals surface area contributed by atoms with Crippen molar-refractivity contribution in [1.29, 1.82) is 0 Å². The molecule has 1 N–H and O–H groups in total. The fourth-order valence-corrected chi connectivity index (χ4v) is 1.17. The van der Waals surface area contributed by atoms with E-state index in [2.05, 4.69) is 9.72 Å². The van der Waals surface area contributed by atoms with Crippen molar-refractivity contribution in [2.45, 2.75) is 6.36 Å². The van der Waals surface area contributed by atoms with Gasteiger partial charge in [0.15, 0.2) is 0 Å². The summed E-state index contributed by atoms with van der Waals surface area (Å²) >= 11 is 1.58. The molecule has 0 fully saturated rings. The van der Waals surface area contributed by atoms with Gasteiger partial charge in [-0.05, 0) is 22.6 Å². The van der Waals surface area contributed by atoms with Gasteiger partial charge >= 0.3 is 6.36 Å². The number of alkyl halides is 3. The number of halogens is 4. The lowest BCUT2D eigenvalue weighted by atomic mass is 10.4. The van der Waals surface area contributed by atoms with Crippen molar-refractivity contribution in [2.75, 3.05) is 0 Å². The van der Waals surface area contributed by atoms with Crippen LogP contribution in [0.4, 0.5) is 13.2 Å². The Morgan fingerprint density at radius 1 is 1.46 bits per heavy atom. The van der Waals surface area contributed by atoms with Gasteiger partial charge in [-0.15, -0.1) is 13.2 Å². The number of hydrogen-bond acceptors (Lipinski definition) is 3. The molecule has 13 heavy (non-hydrogen) atoms. The maximum absolute atomic E-state index is 11.7. The molecule has 0 saturated carbocycles. The first-order chi connectivity index (χ1) is 5.88. The van der Waals surface area contributed by atoms with Gasteiger partial charge in [0.05, 0.1) is 9.77 Å². The molecule has 1 aromatic rings. The lowest BCUT2D eigenvalue weighted by Crippen LogP contribution is -2.18. The van der Waals surface area contributed by atoms with Crippen molar-refractivity contribution in [2.24, 2.45) is 0 Å². The Morgan fingerprint density at radius 2 is 2.08 bits per heavy atom. The van der Waals surface area contributed by atoms with Crippen LogP contribution in [0.5, 0.6) is 11.6 Å². The summed E-state index contributed by atoms with van der Waals surface area (Å²) in [6.07, 6.45) is -3.88. The second-order valence-electron chi connectivity index (χ2n) is 2.03. The number of pyridine rings is 1. The first-order valence-electron chi connectivity index (χ1n) is 2.99. The van der Waals surface area contributed by atoms with Gasteiger partial charge in [-0.2, -0.15) is 0 Å². The van der Waals surface area contributed by atoms with E-state index in [1.165, 1.54) is 0 Å². The molecule has 0 bridgehead atoms. The summed E-state index contributed by atoms with van der Waals surface area (Å²) in [5.74, 6) is -0.773. The Balaban J connectivity index is 2.90. The number of aromatic nitrogens is 1. The minimum absolute atomic E-state index is 0.0925. The molecule has 72 valence electrons. The van der Waals surface area contributed by atoms with Crippen LogP contribution in [-0.2, 0) is 0 Å². The summed E-state index contributed by atoms with van der Waals surface area (Å²) in [5.41, 5.74) is 0. The molecule has 0 aliphatic heterocycles. The highest BCUT2D eigenvalue weighted by Crippen LogP contribution is 2.27. The molecule has 0 atom stereocenters. The lowest BCUT2D eigenvalue weighted by Gasteiger charge is -2.08. The van der Waals surface area contributed by atoms with Gasteiger partial charge in [0.2, 0.25) is 5.88 Å². The van der Waals surface area contributed by atoms with E-state index in [1.54, 1.807) is 22.6 Å². The van der Waals surface area contributed by atoms with Gasteiger partial charge in [0, 0.05) is 6.07 Å². The van der Waals surface area contributed by atoms with Crippen molar-refractivity contribution < 1.29 is 23.0 Å². The molecular weight excluding hydrogens is 302 g/mol. The summed E-state index contributed by atoms with van der Waals surface area (Å²) in [6, 6.07) is 1.12. The molecule has 1 rings (SSSR count). The first-order valence-corrected chi connectivity index (χ1v) is 4.06. The Kier molecular flexibility index (Phi) is 2.84. The molecule has 0 radical (unpaired) electrons. The van der Waals surface area contributed by atoms with Gasteiger partial charge in [-0.25, -0.2) is 4.98 Å². The molecule has 1 aromatic heterocycles. The average molecular weight is 305 g/mol. The third kappa shape index (κ3) is 3.25. The van der Waals surface area contributed by atoms with Crippen LogP contribution in [0, 0.1) is 3.57 Å². The predicted molar refractivity (Wildman–Crippen MR) is 45.3 cm³/mol. The minimum Gasteiger partial charge on any atom is -0.506 e. The fraction of sp³-hybridized carbons (Fsp3) is 0.167. The van der Waals surface area contributed by atoms with Crippen LogP contribution in [-0.4, -0.2) is 16.5 Å². The van der Waals surface area contributed by atoms with Crippen molar-refractivity contribution >= 4 is 22.6 Å². The van der Waals surface area contributed by atoms with Crippen molar-refractivity contribution in [3.63, 3.8) is 0 Å². The van der Waals surface area contributed by atoms with Crippen molar-refractivity contribution in [3.05, 3.63) is 15.8 Å². The van der Waals surface area contributed by atoms with Gasteiger partial charge in [0.25, 0.3) is 0 Å². The minimum atomic E-state index is -4.76. The Morgan fingerprint density at radius 3 is 2.54 bits per heavy atom. The molecular formula is C6H3F3INO2. The highest BCUT2D eigenvalue weighted by Gasteiger charge is 2.32. The second kappa shape index (κ2) is 3.56. The third-order valence-electron chi connectivity index (χ3n) is 1.01. The number of nitrogens with zero attached hydrogens (tertiary/aromatic N) is 1. The number of ether oxygens (including phenoxy) is 1. The molecule has 0 aliphatic rings. The molecule has 1 heterocycles. The number of hydrogen-bond donors (Lipinski definition) is 1. The van der Waals surface area contributed by atoms with E-state index < -0.39 is 12.2 Å². The van der Waals surface area contributed by atoms with Crippen LogP contribution in [0.1, 0.15) is 0 Å². The third-order valence-corrected chi connectivity index (χ3v) is 1.78. The molecule has 3 nitrogen and oxygen atoms in total. The smallest absolute Gasteiger partial charge is 0.506 e. The normalized spacial score (nSPS) is 11.4. The molecule has 0 amide bonds. The maximum atomic E-state index is 11.7. The van der Waals surface area contributed by atoms with E-state index >= 15 is 0 Å². The van der Waals surface area contributed by atoms with E-state index in [4.69, 9.17) is 5.11 Å². The standard InChI is InChI=1S/C6H3F3INO2/c7-6(8,9)13-5-4(10)1-3(12)2-11-5/h1-2,12H. The summed E-state index contributed by atoms with van der Waals surface area (Å²) in [4.78, 5) is 3.26. The predicted octanol–water partition coefficient (Wildman–Crippen LogP) is 2.29. The summed E-state index contributed by atoms with van der Waals surface area (Å²) in [6.45, 7) is 0. The summed E-state index contributed by atoms with van der Waals surface area (Å²) in [5, 5.41) is 8.83. The molecule has 0 unspecified atom stereocenters. The largest absolute Gasteiger partial charge is 0.574 e. The van der Waals surface area contributed by atoms with Crippen LogP contribution >= 0.6 is 22.6 Å². The van der Waals surface area contributed by atoms with Gasteiger partial charge in [-0.3, -0.25) is 0 Å². The monoisotopic (exact) mass is 305 g/mol. The molecule has 7 heteroatoms. The molecule has 0 saturated heterocycles. The van der Waals surface area contributed by atoms with Gasteiger partial charge in [-0.1, -0.05) is 0 Å². The maximum Gasteiger partial charge on any atom is 0.574 e. The molecule has 0 aliphatic carbocycles. The molecule has 0 aromatic carbocycles. The van der Waals surface area contributed by atoms with Crippen molar-refractivity contribution in [1.82, 2.24) is 4.98 Å². The average Bonchev–Trinajstić information content (AvgIpc) is 1.93. The van der Waals surface area contributed by atoms with E-state index in [1.807, 2.05) is 0 Å². The zero-order chi connectivity index (χ0) is 10.1. The number of rotatable bonds is 1. The summed E-state index contributed by atoms with van der Waals surface area (Å²) < 4.78 is 38.7. The van der Waals surface area contributed by atoms with Gasteiger partial charge < -0.3 is 9.84 Å². The van der Waals surface area contributed by atoms with E-state index in [-0.39, 0.29) is 9.32 Å². The second-order valence-corrected chi connectivity index (χ2v) is 3.19. The number of aromatic hydroxyl groups is 1. The van der Waals surface area contributed by atoms with E-state index in [0.29, 0.717) is 0 Å². The first kappa shape index (κ1) is 10.4. The van der Waals surface area contributed by atoms with Crippen LogP contribution in [0.3, 0.4) is 0 Å².